The average molecular weight is 303 g/mol. The number of nitrogens with one attached hydrogen (secondary N) is 1. The van der Waals surface area contributed by atoms with Crippen molar-refractivity contribution in [2.45, 2.75) is 6.92 Å². The van der Waals surface area contributed by atoms with Crippen LogP contribution in [0.25, 0.3) is 16.7 Å². The van der Waals surface area contributed by atoms with Crippen LogP contribution in [0.3, 0.4) is 0 Å². The van der Waals surface area contributed by atoms with Gasteiger partial charge in [-0.15, -0.1) is 0 Å². The lowest BCUT2D eigenvalue weighted by molar-refractivity contribution is 1.00. The first-order chi connectivity index (χ1) is 8.68. The van der Waals surface area contributed by atoms with E-state index in [9.17, 15) is 4.79 Å². The molecule has 3 rings (SSSR count). The normalized spacial score (nSPS) is 11.0. The minimum Gasteiger partial charge on any atom is -0.304 e. The number of aromatic nitrogens is 2. The summed E-state index contributed by atoms with van der Waals surface area (Å²) < 4.78 is 2.60. The molecule has 3 aromatic rings. The van der Waals surface area contributed by atoms with Crippen LogP contribution < -0.4 is 5.69 Å². The second kappa shape index (κ2) is 4.14. The summed E-state index contributed by atoms with van der Waals surface area (Å²) >= 11 is 3.45. The van der Waals surface area contributed by atoms with Gasteiger partial charge in [0.25, 0.3) is 0 Å². The van der Waals surface area contributed by atoms with Gasteiger partial charge in [-0.05, 0) is 46.6 Å². The van der Waals surface area contributed by atoms with E-state index in [1.165, 1.54) is 0 Å². The zero-order valence-electron chi connectivity index (χ0n) is 9.77. The molecule has 0 fully saturated rings. The molecular weight excluding hydrogens is 292 g/mol. The molecule has 0 spiro atoms. The van der Waals surface area contributed by atoms with Crippen LogP contribution in [-0.4, -0.2) is 9.55 Å². The molecule has 0 aliphatic carbocycles. The number of imidazole rings is 1. The lowest BCUT2D eigenvalue weighted by atomic mass is 10.2. The second-order valence-corrected chi connectivity index (χ2v) is 5.04. The van der Waals surface area contributed by atoms with E-state index < -0.39 is 0 Å². The Morgan fingerprint density at radius 1 is 1.11 bits per heavy atom. The molecule has 0 aliphatic heterocycles. The Labute approximate surface area is 112 Å². The molecule has 0 unspecified atom stereocenters. The predicted octanol–water partition coefficient (Wildman–Crippen LogP) is 3.39. The van der Waals surface area contributed by atoms with Gasteiger partial charge in [0, 0.05) is 4.47 Å². The number of aryl methyl sites for hydroxylation is 1. The maximum atomic E-state index is 12.1. The Bertz CT molecular complexity index is 786. The van der Waals surface area contributed by atoms with Crippen molar-refractivity contribution in [3.8, 4) is 5.69 Å². The summed E-state index contributed by atoms with van der Waals surface area (Å²) in [5.74, 6) is 0. The Morgan fingerprint density at radius 2 is 1.89 bits per heavy atom. The number of fused-ring (bicyclic) bond motifs is 1. The highest BCUT2D eigenvalue weighted by Crippen LogP contribution is 2.23. The van der Waals surface area contributed by atoms with Crippen molar-refractivity contribution in [2.24, 2.45) is 0 Å². The van der Waals surface area contributed by atoms with Gasteiger partial charge in [-0.2, -0.15) is 0 Å². The first-order valence-electron chi connectivity index (χ1n) is 5.64. The standard InChI is InChI=1S/C14H11BrN2O/c1-9-5-2-3-7-11(9)17-12-8-4-6-10(15)13(12)16-14(17)18/h2-8H,1H3,(H,16,18). The third-order valence-corrected chi connectivity index (χ3v) is 3.68. The number of benzene rings is 2. The van der Waals surface area contributed by atoms with E-state index in [4.69, 9.17) is 0 Å². The van der Waals surface area contributed by atoms with E-state index in [-0.39, 0.29) is 5.69 Å². The summed E-state index contributed by atoms with van der Waals surface area (Å²) in [6.45, 7) is 2.00. The molecule has 0 saturated heterocycles. The van der Waals surface area contributed by atoms with Crippen LogP contribution in [0.5, 0.6) is 0 Å². The highest BCUT2D eigenvalue weighted by molar-refractivity contribution is 9.10. The molecular formula is C14H11BrN2O. The van der Waals surface area contributed by atoms with E-state index in [1.807, 2.05) is 49.4 Å². The Balaban J connectivity index is 2.44. The van der Waals surface area contributed by atoms with Crippen molar-refractivity contribution < 1.29 is 0 Å². The molecule has 0 amide bonds. The molecule has 1 N–H and O–H groups in total. The van der Waals surface area contributed by atoms with Gasteiger partial charge in [0.1, 0.15) is 0 Å². The molecule has 0 bridgehead atoms. The van der Waals surface area contributed by atoms with Crippen LogP contribution in [0, 0.1) is 6.92 Å². The van der Waals surface area contributed by atoms with E-state index >= 15 is 0 Å². The van der Waals surface area contributed by atoms with E-state index in [2.05, 4.69) is 20.9 Å². The lowest BCUT2D eigenvalue weighted by Gasteiger charge is -2.06. The molecule has 1 aromatic heterocycles. The summed E-state index contributed by atoms with van der Waals surface area (Å²) in [4.78, 5) is 15.0. The molecule has 90 valence electrons. The highest BCUT2D eigenvalue weighted by atomic mass is 79.9. The maximum Gasteiger partial charge on any atom is 0.331 e. The van der Waals surface area contributed by atoms with Crippen LogP contribution in [0.1, 0.15) is 5.56 Å². The van der Waals surface area contributed by atoms with Crippen LogP contribution >= 0.6 is 15.9 Å². The van der Waals surface area contributed by atoms with Gasteiger partial charge < -0.3 is 4.98 Å². The minimum absolute atomic E-state index is 0.119. The Morgan fingerprint density at radius 3 is 2.67 bits per heavy atom. The number of aromatic amines is 1. The fourth-order valence-corrected chi connectivity index (χ4v) is 2.60. The summed E-state index contributed by atoms with van der Waals surface area (Å²) in [5.41, 5.74) is 3.56. The first-order valence-corrected chi connectivity index (χ1v) is 6.43. The number of hydrogen-bond donors (Lipinski definition) is 1. The zero-order valence-corrected chi connectivity index (χ0v) is 11.4. The average Bonchev–Trinajstić information content (AvgIpc) is 2.68. The van der Waals surface area contributed by atoms with Crippen molar-refractivity contribution in [2.75, 3.05) is 0 Å². The monoisotopic (exact) mass is 302 g/mol. The van der Waals surface area contributed by atoms with Gasteiger partial charge in [-0.1, -0.05) is 24.3 Å². The van der Waals surface area contributed by atoms with Crippen molar-refractivity contribution in [1.29, 1.82) is 0 Å². The molecule has 0 saturated carbocycles. The summed E-state index contributed by atoms with van der Waals surface area (Å²) in [7, 11) is 0. The van der Waals surface area contributed by atoms with Crippen molar-refractivity contribution in [3.05, 3.63) is 63.0 Å². The smallest absolute Gasteiger partial charge is 0.304 e. The van der Waals surface area contributed by atoms with Gasteiger partial charge in [-0.3, -0.25) is 4.57 Å². The van der Waals surface area contributed by atoms with E-state index in [0.717, 1.165) is 26.8 Å². The number of nitrogens with zero attached hydrogens (tertiary/aromatic N) is 1. The van der Waals surface area contributed by atoms with Gasteiger partial charge in [-0.25, -0.2) is 4.79 Å². The number of halogens is 1. The van der Waals surface area contributed by atoms with Crippen LogP contribution in [0.2, 0.25) is 0 Å². The van der Waals surface area contributed by atoms with Crippen LogP contribution in [0.4, 0.5) is 0 Å². The topological polar surface area (TPSA) is 37.8 Å². The molecule has 0 atom stereocenters. The van der Waals surface area contributed by atoms with Gasteiger partial charge in [0.2, 0.25) is 0 Å². The number of H-pyrrole nitrogens is 1. The molecule has 4 heteroatoms. The van der Waals surface area contributed by atoms with Crippen molar-refractivity contribution in [3.63, 3.8) is 0 Å². The Hall–Kier alpha value is -1.81. The van der Waals surface area contributed by atoms with Crippen molar-refractivity contribution >= 4 is 27.0 Å². The number of rotatable bonds is 1. The third kappa shape index (κ3) is 1.61. The van der Waals surface area contributed by atoms with E-state index in [1.54, 1.807) is 4.57 Å². The predicted molar refractivity (Wildman–Crippen MR) is 76.3 cm³/mol. The van der Waals surface area contributed by atoms with Gasteiger partial charge in [0.15, 0.2) is 0 Å². The van der Waals surface area contributed by atoms with Crippen LogP contribution in [-0.2, 0) is 0 Å². The maximum absolute atomic E-state index is 12.1. The summed E-state index contributed by atoms with van der Waals surface area (Å²) in [6.07, 6.45) is 0. The second-order valence-electron chi connectivity index (χ2n) is 4.19. The van der Waals surface area contributed by atoms with Crippen LogP contribution in [0.15, 0.2) is 51.7 Å². The molecule has 3 nitrogen and oxygen atoms in total. The molecule has 0 radical (unpaired) electrons. The largest absolute Gasteiger partial charge is 0.331 e. The summed E-state index contributed by atoms with van der Waals surface area (Å²) in [6, 6.07) is 13.6. The molecule has 18 heavy (non-hydrogen) atoms. The molecule has 2 aromatic carbocycles. The van der Waals surface area contributed by atoms with Gasteiger partial charge in [0.05, 0.1) is 16.7 Å². The van der Waals surface area contributed by atoms with Gasteiger partial charge >= 0.3 is 5.69 Å². The third-order valence-electron chi connectivity index (χ3n) is 3.02. The minimum atomic E-state index is -0.119. The first kappa shape index (κ1) is 11.3. The number of para-hydroxylation sites is 2. The fraction of sp³-hybridized carbons (Fsp3) is 0.0714. The quantitative estimate of drug-likeness (QED) is 0.735. The highest BCUT2D eigenvalue weighted by Gasteiger charge is 2.11. The molecule has 0 aliphatic rings. The number of hydrogen-bond acceptors (Lipinski definition) is 1. The summed E-state index contributed by atoms with van der Waals surface area (Å²) in [5, 5.41) is 0. The zero-order chi connectivity index (χ0) is 12.7. The molecule has 1 heterocycles. The van der Waals surface area contributed by atoms with Crippen molar-refractivity contribution in [1.82, 2.24) is 9.55 Å². The fourth-order valence-electron chi connectivity index (χ4n) is 2.15. The van der Waals surface area contributed by atoms with E-state index in [0.29, 0.717) is 0 Å². The Kier molecular flexibility index (Phi) is 2.59. The lowest BCUT2D eigenvalue weighted by Crippen LogP contribution is -2.15. The SMILES string of the molecule is Cc1ccccc1-n1c(=O)[nH]c2c(Br)cccc21.